The SMILES string of the molecule is COC(=O)C(=O)CC[P+](=O)CO. The van der Waals surface area contributed by atoms with Gasteiger partial charge in [0.25, 0.3) is 0 Å². The maximum absolute atomic E-state index is 10.7. The first-order chi connectivity index (χ1) is 5.61. The van der Waals surface area contributed by atoms with E-state index in [-0.39, 0.29) is 12.6 Å². The highest BCUT2D eigenvalue weighted by molar-refractivity contribution is 7.44. The Bertz CT molecular complexity index is 200. The van der Waals surface area contributed by atoms with Gasteiger partial charge < -0.3 is 9.84 Å². The highest BCUT2D eigenvalue weighted by Gasteiger charge is 2.20. The number of ketones is 1. The van der Waals surface area contributed by atoms with Crippen molar-refractivity contribution in [1.82, 2.24) is 0 Å². The van der Waals surface area contributed by atoms with Gasteiger partial charge in [-0.2, -0.15) is 0 Å². The van der Waals surface area contributed by atoms with Gasteiger partial charge in [0, 0.05) is 0 Å². The molecule has 12 heavy (non-hydrogen) atoms. The van der Waals surface area contributed by atoms with Crippen molar-refractivity contribution < 1.29 is 24.0 Å². The zero-order chi connectivity index (χ0) is 9.56. The Hall–Kier alpha value is -0.800. The summed E-state index contributed by atoms with van der Waals surface area (Å²) in [6.07, 6.45) is -0.564. The Kier molecular flexibility index (Phi) is 5.41. The molecule has 1 N–H and O–H groups in total. The molecule has 0 spiro atoms. The summed E-state index contributed by atoms with van der Waals surface area (Å²) in [5, 5.41) is 8.33. The second-order valence-corrected chi connectivity index (χ2v) is 3.71. The van der Waals surface area contributed by atoms with E-state index < -0.39 is 25.9 Å². The van der Waals surface area contributed by atoms with Gasteiger partial charge >= 0.3 is 13.8 Å². The maximum atomic E-state index is 10.7. The van der Waals surface area contributed by atoms with Crippen molar-refractivity contribution >= 4 is 19.6 Å². The van der Waals surface area contributed by atoms with Gasteiger partial charge in [0.2, 0.25) is 12.1 Å². The average Bonchev–Trinajstić information content (AvgIpc) is 2.11. The van der Waals surface area contributed by atoms with Crippen LogP contribution >= 0.6 is 7.80 Å². The largest absolute Gasteiger partial charge is 0.463 e. The van der Waals surface area contributed by atoms with Gasteiger partial charge in [-0.15, -0.1) is 0 Å². The number of hydrogen-bond donors (Lipinski definition) is 1. The van der Waals surface area contributed by atoms with Crippen molar-refractivity contribution in [3.05, 3.63) is 0 Å². The lowest BCUT2D eigenvalue weighted by molar-refractivity contribution is -0.151. The van der Waals surface area contributed by atoms with Crippen LogP contribution in [0.3, 0.4) is 0 Å². The fourth-order valence-electron chi connectivity index (χ4n) is 0.513. The number of carbonyl (C=O) groups is 2. The molecule has 0 saturated carbocycles. The van der Waals surface area contributed by atoms with E-state index in [1.165, 1.54) is 0 Å². The molecular formula is C6H10O5P+. The van der Waals surface area contributed by atoms with Crippen LogP contribution in [0.1, 0.15) is 6.42 Å². The van der Waals surface area contributed by atoms with E-state index in [0.717, 1.165) is 7.11 Å². The van der Waals surface area contributed by atoms with Crippen molar-refractivity contribution in [1.29, 1.82) is 0 Å². The molecule has 0 aromatic rings. The third kappa shape index (κ3) is 4.16. The molecule has 0 saturated heterocycles. The standard InChI is InChI=1S/C6H10O5P/c1-11-6(9)5(8)2-3-12(10)4-7/h7H,2-4H2,1H3/q+1. The first-order valence-corrected chi connectivity index (χ1v) is 4.89. The molecular weight excluding hydrogens is 183 g/mol. The van der Waals surface area contributed by atoms with Crippen LogP contribution in [0.25, 0.3) is 0 Å². The second kappa shape index (κ2) is 5.80. The van der Waals surface area contributed by atoms with E-state index >= 15 is 0 Å². The lowest BCUT2D eigenvalue weighted by Crippen LogP contribution is -2.15. The number of hydrogen-bond acceptors (Lipinski definition) is 5. The average molecular weight is 193 g/mol. The lowest BCUT2D eigenvalue weighted by Gasteiger charge is -1.92. The molecule has 1 unspecified atom stereocenters. The molecule has 0 radical (unpaired) electrons. The fraction of sp³-hybridized carbons (Fsp3) is 0.667. The van der Waals surface area contributed by atoms with Gasteiger partial charge in [0.15, 0.2) is 6.16 Å². The first-order valence-electron chi connectivity index (χ1n) is 3.26. The molecule has 0 rings (SSSR count). The normalized spacial score (nSPS) is 10.7. The minimum absolute atomic E-state index is 0.0275. The van der Waals surface area contributed by atoms with Crippen LogP contribution in [0, 0.1) is 0 Å². The van der Waals surface area contributed by atoms with Gasteiger partial charge in [-0.25, -0.2) is 4.79 Å². The maximum Gasteiger partial charge on any atom is 0.374 e. The molecule has 1 atom stereocenters. The summed E-state index contributed by atoms with van der Waals surface area (Å²) in [5.41, 5.74) is 0. The summed E-state index contributed by atoms with van der Waals surface area (Å²) in [6, 6.07) is 0. The van der Waals surface area contributed by atoms with Crippen LogP contribution in [0.4, 0.5) is 0 Å². The summed E-state index contributed by atoms with van der Waals surface area (Å²) in [7, 11) is -0.660. The number of aliphatic hydroxyl groups is 1. The third-order valence-electron chi connectivity index (χ3n) is 1.16. The van der Waals surface area contributed by atoms with Crippen LogP contribution in [0.2, 0.25) is 0 Å². The smallest absolute Gasteiger partial charge is 0.374 e. The van der Waals surface area contributed by atoms with Crippen LogP contribution in [0.5, 0.6) is 0 Å². The Morgan fingerprint density at radius 2 is 2.08 bits per heavy atom. The molecule has 0 aliphatic heterocycles. The van der Waals surface area contributed by atoms with Crippen LogP contribution < -0.4 is 0 Å². The molecule has 0 aliphatic rings. The zero-order valence-electron chi connectivity index (χ0n) is 6.65. The van der Waals surface area contributed by atoms with E-state index in [4.69, 9.17) is 5.11 Å². The Balaban J connectivity index is 3.72. The molecule has 68 valence electrons. The van der Waals surface area contributed by atoms with Crippen LogP contribution in [-0.4, -0.2) is 36.5 Å². The van der Waals surface area contributed by atoms with Gasteiger partial charge in [-0.3, -0.25) is 4.79 Å². The van der Waals surface area contributed by atoms with E-state index in [1.807, 2.05) is 0 Å². The lowest BCUT2D eigenvalue weighted by atomic mass is 10.3. The van der Waals surface area contributed by atoms with Crippen molar-refractivity contribution in [2.45, 2.75) is 6.42 Å². The molecule has 0 amide bonds. The van der Waals surface area contributed by atoms with Gasteiger partial charge in [0.05, 0.1) is 13.5 Å². The van der Waals surface area contributed by atoms with E-state index in [9.17, 15) is 14.2 Å². The molecule has 0 fully saturated rings. The van der Waals surface area contributed by atoms with Crippen LogP contribution in [-0.2, 0) is 18.9 Å². The number of aliphatic hydroxyl groups excluding tert-OH is 1. The first kappa shape index (κ1) is 11.2. The molecule has 0 aliphatic carbocycles. The predicted molar refractivity (Wildman–Crippen MR) is 41.2 cm³/mol. The summed E-state index contributed by atoms with van der Waals surface area (Å²) in [5.74, 6) is -1.65. The molecule has 0 aromatic heterocycles. The van der Waals surface area contributed by atoms with Crippen molar-refractivity contribution in [3.8, 4) is 0 Å². The third-order valence-corrected chi connectivity index (χ3v) is 2.20. The second-order valence-electron chi connectivity index (χ2n) is 2.01. The van der Waals surface area contributed by atoms with Gasteiger partial charge in [0.1, 0.15) is 0 Å². The number of rotatable bonds is 5. The Morgan fingerprint density at radius 3 is 2.50 bits per heavy atom. The number of Topliss-reactive ketones (excluding diaryl/α,β-unsaturated/α-hetero) is 1. The summed E-state index contributed by atoms with van der Waals surface area (Å²) < 4.78 is 14.8. The van der Waals surface area contributed by atoms with E-state index in [2.05, 4.69) is 4.74 Å². The zero-order valence-corrected chi connectivity index (χ0v) is 7.54. The Labute approximate surface area is 70.5 Å². The number of carbonyl (C=O) groups excluding carboxylic acids is 2. The summed E-state index contributed by atoms with van der Waals surface area (Å²) in [6.45, 7) is 0. The minimum atomic E-state index is -1.76. The number of esters is 1. The van der Waals surface area contributed by atoms with Crippen molar-refractivity contribution in [3.63, 3.8) is 0 Å². The molecule has 0 aromatic carbocycles. The minimum Gasteiger partial charge on any atom is -0.463 e. The predicted octanol–water partition coefficient (Wildman–Crippen LogP) is -0.104. The fourth-order valence-corrected chi connectivity index (χ4v) is 1.11. The highest BCUT2D eigenvalue weighted by atomic mass is 31.1. The molecule has 0 bridgehead atoms. The van der Waals surface area contributed by atoms with Crippen molar-refractivity contribution in [2.24, 2.45) is 0 Å². The molecule has 5 nitrogen and oxygen atoms in total. The molecule has 0 heterocycles. The topological polar surface area (TPSA) is 80.7 Å². The highest BCUT2D eigenvalue weighted by Crippen LogP contribution is 2.18. The number of methoxy groups -OCH3 is 1. The summed E-state index contributed by atoms with van der Waals surface area (Å²) in [4.78, 5) is 21.2. The van der Waals surface area contributed by atoms with Crippen LogP contribution in [0.15, 0.2) is 0 Å². The number of ether oxygens (including phenoxy) is 1. The Morgan fingerprint density at radius 1 is 1.50 bits per heavy atom. The van der Waals surface area contributed by atoms with Crippen molar-refractivity contribution in [2.75, 3.05) is 19.6 Å². The monoisotopic (exact) mass is 193 g/mol. The summed E-state index contributed by atoms with van der Waals surface area (Å²) >= 11 is 0. The van der Waals surface area contributed by atoms with E-state index in [1.54, 1.807) is 0 Å². The quantitative estimate of drug-likeness (QED) is 0.374. The molecule has 6 heteroatoms. The van der Waals surface area contributed by atoms with Gasteiger partial charge in [-0.1, -0.05) is 4.57 Å². The van der Waals surface area contributed by atoms with Gasteiger partial charge in [-0.05, 0) is 0 Å². The van der Waals surface area contributed by atoms with E-state index in [0.29, 0.717) is 0 Å².